The summed E-state index contributed by atoms with van der Waals surface area (Å²) >= 11 is 5.95. The van der Waals surface area contributed by atoms with E-state index in [0.717, 1.165) is 11.3 Å². The van der Waals surface area contributed by atoms with Gasteiger partial charge in [-0.25, -0.2) is 0 Å². The molecule has 7 heteroatoms. The van der Waals surface area contributed by atoms with Crippen molar-refractivity contribution >= 4 is 11.6 Å². The Morgan fingerprint density at radius 3 is 2.94 bits per heavy atom. The molecule has 0 saturated carbocycles. The standard InChI is InChI=1S/C11H14ClN5O/c1-13-6-8-5-9(12)3-4-10(8)18-7-11-14-16-17(2)15-11/h3-5,13H,6-7H2,1-2H3. The molecule has 0 radical (unpaired) electrons. The largest absolute Gasteiger partial charge is 0.485 e. The molecule has 0 spiro atoms. The molecule has 2 rings (SSSR count). The average molecular weight is 268 g/mol. The van der Waals surface area contributed by atoms with Crippen LogP contribution in [0.3, 0.4) is 0 Å². The SMILES string of the molecule is CNCc1cc(Cl)ccc1OCc1nnn(C)n1. The van der Waals surface area contributed by atoms with Gasteiger partial charge in [0.15, 0.2) is 6.61 Å². The fourth-order valence-electron chi connectivity index (χ4n) is 1.54. The summed E-state index contributed by atoms with van der Waals surface area (Å²) in [5.74, 6) is 1.31. The Labute approximate surface area is 110 Å². The minimum Gasteiger partial charge on any atom is -0.485 e. The fourth-order valence-corrected chi connectivity index (χ4v) is 1.74. The maximum absolute atomic E-state index is 5.95. The lowest BCUT2D eigenvalue weighted by Gasteiger charge is -2.10. The number of rotatable bonds is 5. The number of hydrogen-bond donors (Lipinski definition) is 1. The zero-order chi connectivity index (χ0) is 13.0. The van der Waals surface area contributed by atoms with Crippen molar-refractivity contribution in [2.24, 2.45) is 7.05 Å². The van der Waals surface area contributed by atoms with Crippen LogP contribution in [-0.4, -0.2) is 27.3 Å². The number of halogens is 1. The summed E-state index contributed by atoms with van der Waals surface area (Å²) in [4.78, 5) is 1.40. The normalized spacial score (nSPS) is 10.6. The smallest absolute Gasteiger partial charge is 0.212 e. The first-order chi connectivity index (χ1) is 8.69. The summed E-state index contributed by atoms with van der Waals surface area (Å²) in [6.07, 6.45) is 0. The second kappa shape index (κ2) is 5.79. The van der Waals surface area contributed by atoms with Crippen LogP contribution in [0.15, 0.2) is 18.2 Å². The summed E-state index contributed by atoms with van der Waals surface area (Å²) < 4.78 is 5.67. The van der Waals surface area contributed by atoms with E-state index in [4.69, 9.17) is 16.3 Å². The number of benzene rings is 1. The van der Waals surface area contributed by atoms with Crippen LogP contribution in [0, 0.1) is 0 Å². The van der Waals surface area contributed by atoms with Gasteiger partial charge in [-0.15, -0.1) is 10.2 Å². The number of nitrogens with zero attached hydrogens (tertiary/aromatic N) is 4. The van der Waals surface area contributed by atoms with Gasteiger partial charge in [-0.05, 0) is 30.5 Å². The lowest BCUT2D eigenvalue weighted by atomic mass is 10.2. The van der Waals surface area contributed by atoms with Gasteiger partial charge in [-0.2, -0.15) is 4.80 Å². The monoisotopic (exact) mass is 267 g/mol. The van der Waals surface area contributed by atoms with E-state index in [1.54, 1.807) is 13.1 Å². The molecular formula is C11H14ClN5O. The molecule has 96 valence electrons. The fraction of sp³-hybridized carbons (Fsp3) is 0.364. The molecule has 1 heterocycles. The molecule has 6 nitrogen and oxygen atoms in total. The van der Waals surface area contributed by atoms with Crippen molar-refractivity contribution in [1.29, 1.82) is 0 Å². The Balaban J connectivity index is 2.08. The van der Waals surface area contributed by atoms with Crippen LogP contribution in [-0.2, 0) is 20.2 Å². The quantitative estimate of drug-likeness (QED) is 0.881. The van der Waals surface area contributed by atoms with Crippen LogP contribution in [0.1, 0.15) is 11.4 Å². The molecule has 0 unspecified atom stereocenters. The van der Waals surface area contributed by atoms with E-state index in [-0.39, 0.29) is 6.61 Å². The third-order valence-corrected chi connectivity index (χ3v) is 2.53. The maximum atomic E-state index is 5.95. The zero-order valence-electron chi connectivity index (χ0n) is 10.2. The van der Waals surface area contributed by atoms with Gasteiger partial charge in [0.1, 0.15) is 5.75 Å². The highest BCUT2D eigenvalue weighted by molar-refractivity contribution is 6.30. The Morgan fingerprint density at radius 2 is 2.28 bits per heavy atom. The summed E-state index contributed by atoms with van der Waals surface area (Å²) in [6.45, 7) is 0.968. The van der Waals surface area contributed by atoms with Gasteiger partial charge in [0.2, 0.25) is 5.82 Å². The van der Waals surface area contributed by atoms with Crippen LogP contribution in [0.5, 0.6) is 5.75 Å². The van der Waals surface area contributed by atoms with Crippen LogP contribution >= 0.6 is 11.6 Å². The van der Waals surface area contributed by atoms with Crippen LogP contribution < -0.4 is 10.1 Å². The van der Waals surface area contributed by atoms with E-state index in [9.17, 15) is 0 Å². The summed E-state index contributed by atoms with van der Waals surface area (Å²) in [5, 5.41) is 15.4. The van der Waals surface area contributed by atoms with E-state index in [1.165, 1.54) is 4.80 Å². The molecule has 0 aliphatic rings. The number of ether oxygens (including phenoxy) is 1. The van der Waals surface area contributed by atoms with E-state index in [1.807, 2.05) is 19.2 Å². The van der Waals surface area contributed by atoms with Crippen molar-refractivity contribution < 1.29 is 4.74 Å². The summed E-state index contributed by atoms with van der Waals surface area (Å²) in [6, 6.07) is 5.50. The molecule has 0 aliphatic carbocycles. The minimum atomic E-state index is 0.284. The Bertz CT molecular complexity index is 528. The van der Waals surface area contributed by atoms with Gasteiger partial charge >= 0.3 is 0 Å². The minimum absolute atomic E-state index is 0.284. The molecule has 1 aromatic heterocycles. The van der Waals surface area contributed by atoms with Crippen molar-refractivity contribution in [3.8, 4) is 5.75 Å². The van der Waals surface area contributed by atoms with E-state index < -0.39 is 0 Å². The molecule has 0 amide bonds. The lowest BCUT2D eigenvalue weighted by molar-refractivity contribution is 0.292. The van der Waals surface area contributed by atoms with Gasteiger partial charge in [0.25, 0.3) is 0 Å². The second-order valence-corrected chi connectivity index (χ2v) is 4.20. The molecule has 18 heavy (non-hydrogen) atoms. The maximum Gasteiger partial charge on any atom is 0.212 e. The number of nitrogens with one attached hydrogen (secondary N) is 1. The molecular weight excluding hydrogens is 254 g/mol. The molecule has 0 saturated heterocycles. The average Bonchev–Trinajstić information content (AvgIpc) is 2.75. The van der Waals surface area contributed by atoms with E-state index in [0.29, 0.717) is 17.4 Å². The highest BCUT2D eigenvalue weighted by atomic mass is 35.5. The first-order valence-corrected chi connectivity index (χ1v) is 5.85. The van der Waals surface area contributed by atoms with Crippen molar-refractivity contribution in [1.82, 2.24) is 25.5 Å². The van der Waals surface area contributed by atoms with Crippen LogP contribution in [0.2, 0.25) is 5.02 Å². The third-order valence-electron chi connectivity index (χ3n) is 2.30. The molecule has 1 aromatic carbocycles. The molecule has 2 aromatic rings. The Morgan fingerprint density at radius 1 is 1.44 bits per heavy atom. The van der Waals surface area contributed by atoms with Crippen molar-refractivity contribution in [3.63, 3.8) is 0 Å². The predicted molar refractivity (Wildman–Crippen MR) is 67.3 cm³/mol. The predicted octanol–water partition coefficient (Wildman–Crippen LogP) is 1.16. The summed E-state index contributed by atoms with van der Waals surface area (Å²) in [7, 11) is 3.58. The van der Waals surface area contributed by atoms with Crippen LogP contribution in [0.4, 0.5) is 0 Å². The van der Waals surface area contributed by atoms with Gasteiger partial charge < -0.3 is 10.1 Å². The zero-order valence-corrected chi connectivity index (χ0v) is 11.0. The highest BCUT2D eigenvalue weighted by Gasteiger charge is 2.06. The first kappa shape index (κ1) is 12.8. The third kappa shape index (κ3) is 3.18. The van der Waals surface area contributed by atoms with Crippen molar-refractivity contribution in [2.45, 2.75) is 13.2 Å². The molecule has 1 N–H and O–H groups in total. The molecule has 0 fully saturated rings. The van der Waals surface area contributed by atoms with Crippen molar-refractivity contribution in [3.05, 3.63) is 34.6 Å². The Kier molecular flexibility index (Phi) is 4.11. The second-order valence-electron chi connectivity index (χ2n) is 3.77. The lowest BCUT2D eigenvalue weighted by Crippen LogP contribution is -2.08. The van der Waals surface area contributed by atoms with E-state index >= 15 is 0 Å². The van der Waals surface area contributed by atoms with Gasteiger partial charge in [0, 0.05) is 17.1 Å². The molecule has 0 bridgehead atoms. The molecule has 0 aliphatic heterocycles. The number of aryl methyl sites for hydroxylation is 1. The van der Waals surface area contributed by atoms with Crippen molar-refractivity contribution in [2.75, 3.05) is 7.05 Å². The topological polar surface area (TPSA) is 64.9 Å². The first-order valence-electron chi connectivity index (χ1n) is 5.47. The van der Waals surface area contributed by atoms with Gasteiger partial charge in [0.05, 0.1) is 7.05 Å². The van der Waals surface area contributed by atoms with Crippen LogP contribution in [0.25, 0.3) is 0 Å². The van der Waals surface area contributed by atoms with Gasteiger partial charge in [-0.3, -0.25) is 0 Å². The Hall–Kier alpha value is -1.66. The van der Waals surface area contributed by atoms with E-state index in [2.05, 4.69) is 20.7 Å². The highest BCUT2D eigenvalue weighted by Crippen LogP contribution is 2.23. The summed E-state index contributed by atoms with van der Waals surface area (Å²) in [5.41, 5.74) is 0.994. The number of aromatic nitrogens is 4. The van der Waals surface area contributed by atoms with Gasteiger partial charge in [-0.1, -0.05) is 11.6 Å². The number of tetrazole rings is 1. The number of hydrogen-bond acceptors (Lipinski definition) is 5. The molecule has 0 atom stereocenters.